The Hall–Kier alpha value is -1.61. The Bertz CT molecular complexity index is 449. The molecule has 1 aromatic carbocycles. The number of hydrogen-bond donors (Lipinski definition) is 2. The van der Waals surface area contributed by atoms with Gasteiger partial charge < -0.3 is 10.2 Å². The number of hydrogen-bond acceptors (Lipinski definition) is 2. The van der Waals surface area contributed by atoms with Crippen LogP contribution < -0.4 is 0 Å². The van der Waals surface area contributed by atoms with Crippen LogP contribution in [0.2, 0.25) is 0 Å². The summed E-state index contributed by atoms with van der Waals surface area (Å²) in [6, 6.07) is 7.21. The normalized spacial score (nSPS) is 17.4. The van der Waals surface area contributed by atoms with Crippen molar-refractivity contribution in [1.82, 2.24) is 0 Å². The van der Waals surface area contributed by atoms with E-state index in [9.17, 15) is 9.90 Å². The van der Waals surface area contributed by atoms with Gasteiger partial charge in [-0.3, -0.25) is 0 Å². The van der Waals surface area contributed by atoms with Crippen molar-refractivity contribution >= 4 is 11.5 Å². The zero-order valence-electron chi connectivity index (χ0n) is 9.60. The second kappa shape index (κ2) is 5.15. The van der Waals surface area contributed by atoms with E-state index in [1.165, 1.54) is 6.42 Å². The van der Waals surface area contributed by atoms with Gasteiger partial charge in [0.1, 0.15) is 0 Å². The molecular weight excluding hydrogens is 216 g/mol. The topological polar surface area (TPSA) is 57.5 Å². The van der Waals surface area contributed by atoms with Crippen molar-refractivity contribution in [2.75, 3.05) is 0 Å². The Balaban J connectivity index is 2.39. The van der Waals surface area contributed by atoms with E-state index >= 15 is 0 Å². The second-order valence-corrected chi connectivity index (χ2v) is 4.30. The number of aliphatic carboxylic acids is 1. The monoisotopic (exact) mass is 232 g/mol. The van der Waals surface area contributed by atoms with E-state index in [4.69, 9.17) is 5.11 Å². The molecule has 1 atom stereocenters. The molecule has 1 aromatic rings. The summed E-state index contributed by atoms with van der Waals surface area (Å²) < 4.78 is 0. The van der Waals surface area contributed by atoms with Crippen LogP contribution in [0.1, 0.15) is 42.9 Å². The summed E-state index contributed by atoms with van der Waals surface area (Å²) in [4.78, 5) is 10.9. The molecule has 2 rings (SSSR count). The van der Waals surface area contributed by atoms with Gasteiger partial charge in [0.05, 0.1) is 0 Å². The lowest BCUT2D eigenvalue weighted by molar-refractivity contribution is -0.146. The largest absolute Gasteiger partial charge is 0.479 e. The summed E-state index contributed by atoms with van der Waals surface area (Å²) in [5.41, 5.74) is 2.53. The Kier molecular flexibility index (Phi) is 3.59. The second-order valence-electron chi connectivity index (χ2n) is 4.30. The highest BCUT2D eigenvalue weighted by atomic mass is 16.4. The molecule has 3 heteroatoms. The maximum atomic E-state index is 10.9. The van der Waals surface area contributed by atoms with Crippen LogP contribution in [0, 0.1) is 0 Å². The van der Waals surface area contributed by atoms with Gasteiger partial charge in [-0.15, -0.1) is 0 Å². The van der Waals surface area contributed by atoms with Crippen molar-refractivity contribution in [3.63, 3.8) is 0 Å². The molecule has 0 aromatic heterocycles. The molecule has 0 radical (unpaired) electrons. The summed E-state index contributed by atoms with van der Waals surface area (Å²) in [5.74, 6) is -1.20. The first kappa shape index (κ1) is 11.9. The summed E-state index contributed by atoms with van der Waals surface area (Å²) in [7, 11) is 0. The van der Waals surface area contributed by atoms with Crippen LogP contribution in [0.15, 0.2) is 30.3 Å². The fourth-order valence-electron chi connectivity index (χ4n) is 2.24. The quantitative estimate of drug-likeness (QED) is 0.842. The standard InChI is InChI=1S/C14H16O3/c15-13(14(16)17)12-9-5-4-8-11(12)10-6-2-1-3-7-10/h4-6,8-9,13,15H,1-3,7H2,(H,16,17). The highest BCUT2D eigenvalue weighted by molar-refractivity contribution is 5.78. The third kappa shape index (κ3) is 2.56. The molecule has 2 N–H and O–H groups in total. The van der Waals surface area contributed by atoms with E-state index in [0.29, 0.717) is 5.56 Å². The molecule has 0 heterocycles. The first-order valence-corrected chi connectivity index (χ1v) is 5.89. The molecule has 1 aliphatic carbocycles. The van der Waals surface area contributed by atoms with E-state index in [1.54, 1.807) is 12.1 Å². The van der Waals surface area contributed by atoms with E-state index in [0.717, 1.165) is 30.4 Å². The summed E-state index contributed by atoms with van der Waals surface area (Å²) in [6.45, 7) is 0. The lowest BCUT2D eigenvalue weighted by Gasteiger charge is -2.17. The first-order valence-electron chi connectivity index (χ1n) is 5.89. The van der Waals surface area contributed by atoms with Crippen LogP contribution in [0.25, 0.3) is 5.57 Å². The SMILES string of the molecule is O=C(O)C(O)c1ccccc1C1=CCCCC1. The Morgan fingerprint density at radius 2 is 2.00 bits per heavy atom. The summed E-state index contributed by atoms with van der Waals surface area (Å²) in [6.07, 6.45) is 5.03. The predicted molar refractivity (Wildman–Crippen MR) is 65.5 cm³/mol. The minimum absolute atomic E-state index is 0.494. The molecule has 0 fully saturated rings. The minimum Gasteiger partial charge on any atom is -0.479 e. The van der Waals surface area contributed by atoms with Crippen LogP contribution >= 0.6 is 0 Å². The van der Waals surface area contributed by atoms with E-state index in [1.807, 2.05) is 12.1 Å². The maximum absolute atomic E-state index is 10.9. The third-order valence-electron chi connectivity index (χ3n) is 3.13. The van der Waals surface area contributed by atoms with Gasteiger partial charge in [0.2, 0.25) is 0 Å². The lowest BCUT2D eigenvalue weighted by Crippen LogP contribution is -2.12. The summed E-state index contributed by atoms with van der Waals surface area (Å²) in [5, 5.41) is 18.6. The maximum Gasteiger partial charge on any atom is 0.337 e. The number of carbonyl (C=O) groups is 1. The first-order chi connectivity index (χ1) is 8.20. The molecule has 1 aliphatic rings. The highest BCUT2D eigenvalue weighted by Gasteiger charge is 2.20. The number of allylic oxidation sites excluding steroid dienone is 2. The van der Waals surface area contributed by atoms with E-state index < -0.39 is 12.1 Å². The van der Waals surface area contributed by atoms with Gasteiger partial charge in [0.15, 0.2) is 6.10 Å². The number of aliphatic hydroxyl groups excluding tert-OH is 1. The fraction of sp³-hybridized carbons (Fsp3) is 0.357. The van der Waals surface area contributed by atoms with Crippen molar-refractivity contribution in [2.45, 2.75) is 31.8 Å². The average molecular weight is 232 g/mol. The van der Waals surface area contributed by atoms with Crippen LogP contribution in [0.5, 0.6) is 0 Å². The van der Waals surface area contributed by atoms with E-state index in [2.05, 4.69) is 6.08 Å². The van der Waals surface area contributed by atoms with Gasteiger partial charge in [-0.1, -0.05) is 30.3 Å². The van der Waals surface area contributed by atoms with Gasteiger partial charge in [0, 0.05) is 0 Å². The zero-order chi connectivity index (χ0) is 12.3. The number of rotatable bonds is 3. The van der Waals surface area contributed by atoms with Crippen molar-refractivity contribution in [1.29, 1.82) is 0 Å². The third-order valence-corrected chi connectivity index (χ3v) is 3.13. The number of carboxylic acid groups (broad SMARTS) is 1. The molecule has 17 heavy (non-hydrogen) atoms. The minimum atomic E-state index is -1.44. The van der Waals surface area contributed by atoms with Gasteiger partial charge >= 0.3 is 5.97 Å². The van der Waals surface area contributed by atoms with E-state index in [-0.39, 0.29) is 0 Å². The Morgan fingerprint density at radius 1 is 1.24 bits per heavy atom. The molecule has 0 saturated carbocycles. The number of carboxylic acids is 1. The molecule has 0 amide bonds. The van der Waals surface area contributed by atoms with Gasteiger partial charge in [0.25, 0.3) is 0 Å². The number of benzene rings is 1. The Morgan fingerprint density at radius 3 is 2.65 bits per heavy atom. The molecule has 3 nitrogen and oxygen atoms in total. The van der Waals surface area contributed by atoms with Crippen molar-refractivity contribution in [2.24, 2.45) is 0 Å². The van der Waals surface area contributed by atoms with Crippen molar-refractivity contribution in [3.05, 3.63) is 41.5 Å². The van der Waals surface area contributed by atoms with Gasteiger partial charge in [-0.05, 0) is 42.4 Å². The fourth-order valence-corrected chi connectivity index (χ4v) is 2.24. The smallest absolute Gasteiger partial charge is 0.337 e. The molecule has 0 aliphatic heterocycles. The van der Waals surface area contributed by atoms with Gasteiger partial charge in [-0.2, -0.15) is 0 Å². The van der Waals surface area contributed by atoms with Crippen LogP contribution in [-0.4, -0.2) is 16.2 Å². The molecule has 90 valence electrons. The predicted octanol–water partition coefficient (Wildman–Crippen LogP) is 2.76. The zero-order valence-corrected chi connectivity index (χ0v) is 9.60. The van der Waals surface area contributed by atoms with Crippen LogP contribution in [0.3, 0.4) is 0 Å². The molecule has 0 bridgehead atoms. The molecule has 0 spiro atoms. The Labute approximate surface area is 100 Å². The van der Waals surface area contributed by atoms with Crippen molar-refractivity contribution in [3.8, 4) is 0 Å². The van der Waals surface area contributed by atoms with Crippen LogP contribution in [-0.2, 0) is 4.79 Å². The van der Waals surface area contributed by atoms with Crippen LogP contribution in [0.4, 0.5) is 0 Å². The van der Waals surface area contributed by atoms with Crippen molar-refractivity contribution < 1.29 is 15.0 Å². The highest BCUT2D eigenvalue weighted by Crippen LogP contribution is 2.31. The number of aliphatic hydroxyl groups is 1. The molecular formula is C14H16O3. The molecule has 1 unspecified atom stereocenters. The lowest BCUT2D eigenvalue weighted by atomic mass is 9.89. The molecule has 0 saturated heterocycles. The average Bonchev–Trinajstić information content (AvgIpc) is 2.39. The van der Waals surface area contributed by atoms with Gasteiger partial charge in [-0.25, -0.2) is 4.79 Å². The summed E-state index contributed by atoms with van der Waals surface area (Å²) >= 11 is 0.